The number of fused-ring (bicyclic) bond motifs is 3. The van der Waals surface area contributed by atoms with Crippen LogP contribution in [0.4, 0.5) is 17.3 Å². The maximum atomic E-state index is 12.5. The third-order valence-corrected chi connectivity index (χ3v) is 5.33. The fourth-order valence-corrected chi connectivity index (χ4v) is 3.64. The number of carbonyl (C=O) groups is 2. The Kier molecular flexibility index (Phi) is 6.88. The fraction of sp³-hybridized carbons (Fsp3) is 0.250. The maximum absolute atomic E-state index is 12.5. The number of benzene rings is 2. The van der Waals surface area contributed by atoms with Crippen molar-refractivity contribution in [3.8, 4) is 22.8 Å². The Bertz CT molecular complexity index is 1230. The van der Waals surface area contributed by atoms with E-state index in [1.807, 2.05) is 6.07 Å². The Morgan fingerprint density at radius 1 is 1.15 bits per heavy atom. The van der Waals surface area contributed by atoms with Gasteiger partial charge in [0.25, 0.3) is 5.91 Å². The molecule has 10 nitrogen and oxygen atoms in total. The second-order valence-electron chi connectivity index (χ2n) is 7.65. The number of ether oxygens (including phenoxy) is 2. The average molecular weight is 463 g/mol. The summed E-state index contributed by atoms with van der Waals surface area (Å²) in [4.78, 5) is 34.0. The lowest BCUT2D eigenvalue weighted by molar-refractivity contribution is -0.115. The summed E-state index contributed by atoms with van der Waals surface area (Å²) < 4.78 is 10.6. The molecule has 2 amide bonds. The van der Waals surface area contributed by atoms with Gasteiger partial charge in [-0.2, -0.15) is 0 Å². The van der Waals surface area contributed by atoms with Crippen molar-refractivity contribution in [1.29, 1.82) is 0 Å². The van der Waals surface area contributed by atoms with Crippen molar-refractivity contribution in [1.82, 2.24) is 15.3 Å². The van der Waals surface area contributed by atoms with Gasteiger partial charge in [0.2, 0.25) is 11.9 Å². The molecule has 2 aromatic carbocycles. The molecule has 0 saturated carbocycles. The molecule has 10 heteroatoms. The zero-order valence-corrected chi connectivity index (χ0v) is 19.0. The van der Waals surface area contributed by atoms with Crippen LogP contribution in [0.5, 0.6) is 11.5 Å². The highest BCUT2D eigenvalue weighted by atomic mass is 16.5. The Morgan fingerprint density at radius 3 is 2.74 bits per heavy atom. The lowest BCUT2D eigenvalue weighted by atomic mass is 10.0. The van der Waals surface area contributed by atoms with Gasteiger partial charge in [0.1, 0.15) is 0 Å². The van der Waals surface area contributed by atoms with Gasteiger partial charge in [0, 0.05) is 41.2 Å². The van der Waals surface area contributed by atoms with E-state index < -0.39 is 0 Å². The Labute approximate surface area is 196 Å². The first-order valence-electron chi connectivity index (χ1n) is 10.8. The summed E-state index contributed by atoms with van der Waals surface area (Å²) in [5, 5.41) is 8.85. The molecule has 0 saturated heterocycles. The van der Waals surface area contributed by atoms with E-state index in [1.165, 1.54) is 0 Å². The molecule has 4 rings (SSSR count). The summed E-state index contributed by atoms with van der Waals surface area (Å²) >= 11 is 0. The Morgan fingerprint density at radius 2 is 1.97 bits per heavy atom. The molecule has 5 N–H and O–H groups in total. The number of carbonyl (C=O) groups excluding carboxylic acids is 2. The van der Waals surface area contributed by atoms with Crippen molar-refractivity contribution >= 4 is 29.1 Å². The van der Waals surface area contributed by atoms with E-state index in [9.17, 15) is 9.59 Å². The summed E-state index contributed by atoms with van der Waals surface area (Å²) in [6, 6.07) is 10.5. The Balaban J connectivity index is 1.65. The first kappa shape index (κ1) is 23.0. The number of nitrogens with two attached hydrogens (primary N) is 1. The second kappa shape index (κ2) is 10.2. The minimum absolute atomic E-state index is 0.124. The van der Waals surface area contributed by atoms with Crippen LogP contribution < -0.4 is 31.2 Å². The Hall–Kier alpha value is -4.18. The average Bonchev–Trinajstić information content (AvgIpc) is 2.98. The van der Waals surface area contributed by atoms with Gasteiger partial charge in [-0.1, -0.05) is 0 Å². The largest absolute Gasteiger partial charge is 0.493 e. The van der Waals surface area contributed by atoms with Gasteiger partial charge < -0.3 is 31.2 Å². The van der Waals surface area contributed by atoms with Crippen molar-refractivity contribution in [3.63, 3.8) is 0 Å². The van der Waals surface area contributed by atoms with Crippen LogP contribution in [-0.2, 0) is 11.2 Å². The van der Waals surface area contributed by atoms with Crippen molar-refractivity contribution in [2.24, 2.45) is 5.73 Å². The maximum Gasteiger partial charge on any atom is 0.251 e. The van der Waals surface area contributed by atoms with Crippen LogP contribution >= 0.6 is 0 Å². The predicted octanol–water partition coefficient (Wildman–Crippen LogP) is 2.48. The molecule has 0 atom stereocenters. The molecule has 34 heavy (non-hydrogen) atoms. The molecule has 0 aliphatic carbocycles. The molecule has 1 aliphatic rings. The van der Waals surface area contributed by atoms with Crippen LogP contribution in [0.2, 0.25) is 0 Å². The lowest BCUT2D eigenvalue weighted by Gasteiger charge is -2.13. The van der Waals surface area contributed by atoms with Crippen molar-refractivity contribution < 1.29 is 19.1 Å². The highest BCUT2D eigenvalue weighted by Gasteiger charge is 2.22. The zero-order chi connectivity index (χ0) is 24.1. The number of rotatable bonds is 8. The van der Waals surface area contributed by atoms with Gasteiger partial charge in [0.05, 0.1) is 32.0 Å². The van der Waals surface area contributed by atoms with E-state index in [-0.39, 0.29) is 18.2 Å². The van der Waals surface area contributed by atoms with Crippen LogP contribution in [0, 0.1) is 0 Å². The molecular weight excluding hydrogens is 436 g/mol. The molecule has 0 spiro atoms. The molecule has 3 aromatic rings. The van der Waals surface area contributed by atoms with Crippen molar-refractivity contribution in [2.45, 2.75) is 12.8 Å². The predicted molar refractivity (Wildman–Crippen MR) is 129 cm³/mol. The highest BCUT2D eigenvalue weighted by Crippen LogP contribution is 2.35. The zero-order valence-electron chi connectivity index (χ0n) is 19.0. The minimum atomic E-state index is -0.228. The molecule has 176 valence electrons. The van der Waals surface area contributed by atoms with Crippen LogP contribution in [0.15, 0.2) is 42.6 Å². The number of anilines is 3. The van der Waals surface area contributed by atoms with Gasteiger partial charge in [-0.25, -0.2) is 9.97 Å². The third-order valence-electron chi connectivity index (χ3n) is 5.33. The number of nitrogens with zero attached hydrogens (tertiary/aromatic N) is 2. The van der Waals surface area contributed by atoms with Gasteiger partial charge >= 0.3 is 0 Å². The first-order valence-corrected chi connectivity index (χ1v) is 10.8. The summed E-state index contributed by atoms with van der Waals surface area (Å²) in [5.41, 5.74) is 9.16. The molecule has 0 radical (unpaired) electrons. The fourth-order valence-electron chi connectivity index (χ4n) is 3.64. The summed E-state index contributed by atoms with van der Waals surface area (Å²) in [5.74, 6) is 1.10. The van der Waals surface area contributed by atoms with Crippen LogP contribution in [-0.4, -0.2) is 49.1 Å². The number of hydrogen-bond donors (Lipinski definition) is 4. The highest BCUT2D eigenvalue weighted by molar-refractivity contribution is 6.03. The summed E-state index contributed by atoms with van der Waals surface area (Å²) in [6.45, 7) is 0.983. The molecule has 0 fully saturated rings. The van der Waals surface area contributed by atoms with Gasteiger partial charge in [-0.15, -0.1) is 0 Å². The molecule has 0 bridgehead atoms. The lowest BCUT2D eigenvalue weighted by Crippen LogP contribution is -2.26. The van der Waals surface area contributed by atoms with Crippen LogP contribution in [0.1, 0.15) is 22.3 Å². The van der Waals surface area contributed by atoms with Crippen molar-refractivity contribution in [3.05, 3.63) is 53.7 Å². The normalized spacial score (nSPS) is 12.0. The SMILES string of the molecule is COc1ccc(Nc2ncc3c(n2)-c2ccc(C(=O)NCCCN)cc2NC(=O)C3)cc1OC. The smallest absolute Gasteiger partial charge is 0.251 e. The first-order chi connectivity index (χ1) is 16.5. The molecule has 0 unspecified atom stereocenters. The van der Waals surface area contributed by atoms with Crippen LogP contribution in [0.3, 0.4) is 0 Å². The molecule has 1 aromatic heterocycles. The molecule has 1 aliphatic heterocycles. The topological polar surface area (TPSA) is 140 Å². The van der Waals surface area contributed by atoms with E-state index in [4.69, 9.17) is 15.2 Å². The van der Waals surface area contributed by atoms with Crippen molar-refractivity contribution in [2.75, 3.05) is 37.9 Å². The van der Waals surface area contributed by atoms with Gasteiger partial charge in [-0.05, 0) is 43.3 Å². The summed E-state index contributed by atoms with van der Waals surface area (Å²) in [7, 11) is 3.14. The number of amides is 2. The van der Waals surface area contributed by atoms with E-state index >= 15 is 0 Å². The van der Waals surface area contributed by atoms with E-state index in [0.717, 1.165) is 0 Å². The number of aromatic nitrogens is 2. The van der Waals surface area contributed by atoms with E-state index in [1.54, 1.807) is 50.7 Å². The third kappa shape index (κ3) is 4.91. The molecular formula is C24H26N6O4. The van der Waals surface area contributed by atoms with E-state index in [2.05, 4.69) is 25.9 Å². The van der Waals surface area contributed by atoms with Gasteiger partial charge in [-0.3, -0.25) is 9.59 Å². The van der Waals surface area contributed by atoms with E-state index in [0.29, 0.717) is 70.7 Å². The molecule has 2 heterocycles. The monoisotopic (exact) mass is 462 g/mol. The second-order valence-corrected chi connectivity index (χ2v) is 7.65. The van der Waals surface area contributed by atoms with Gasteiger partial charge in [0.15, 0.2) is 11.5 Å². The minimum Gasteiger partial charge on any atom is -0.493 e. The quantitative estimate of drug-likeness (QED) is 0.374. The number of methoxy groups -OCH3 is 2. The van der Waals surface area contributed by atoms with Crippen LogP contribution in [0.25, 0.3) is 11.3 Å². The number of hydrogen-bond acceptors (Lipinski definition) is 8. The number of nitrogens with one attached hydrogen (secondary N) is 3. The summed E-state index contributed by atoms with van der Waals surface area (Å²) in [6.07, 6.45) is 2.44. The standard InChI is InChI=1S/C24H26N6O4/c1-33-19-7-5-16(12-20(19)34-2)28-24-27-13-15-11-21(31)29-18-10-14(23(32)26-9-3-8-25)4-6-17(18)22(15)30-24/h4-7,10,12-13H,3,8-9,11,25H2,1-2H3,(H,26,32)(H,29,31)(H,27,28,30).